The Bertz CT molecular complexity index is 474. The van der Waals surface area contributed by atoms with Crippen LogP contribution >= 0.6 is 0 Å². The van der Waals surface area contributed by atoms with Crippen molar-refractivity contribution in [1.82, 2.24) is 5.32 Å². The predicted octanol–water partition coefficient (Wildman–Crippen LogP) is 3.80. The summed E-state index contributed by atoms with van der Waals surface area (Å²) in [6.45, 7) is 7.50. The fourth-order valence-corrected chi connectivity index (χ4v) is 5.33. The van der Waals surface area contributed by atoms with Crippen LogP contribution in [0.3, 0.4) is 0 Å². The molecule has 21 heavy (non-hydrogen) atoms. The van der Waals surface area contributed by atoms with Crippen molar-refractivity contribution < 1.29 is 4.21 Å². The number of benzene rings is 1. The van der Waals surface area contributed by atoms with E-state index >= 15 is 0 Å². The molecule has 1 aromatic rings. The van der Waals surface area contributed by atoms with Gasteiger partial charge in [0.1, 0.15) is 0 Å². The van der Waals surface area contributed by atoms with E-state index in [4.69, 9.17) is 0 Å². The maximum Gasteiger partial charge on any atom is 0.0507 e. The van der Waals surface area contributed by atoms with Gasteiger partial charge in [-0.3, -0.25) is 4.21 Å². The van der Waals surface area contributed by atoms with E-state index in [0.29, 0.717) is 17.0 Å². The molecule has 1 aliphatic rings. The van der Waals surface area contributed by atoms with Crippen LogP contribution in [0.2, 0.25) is 0 Å². The van der Waals surface area contributed by atoms with Crippen LogP contribution in [0, 0.1) is 12.8 Å². The van der Waals surface area contributed by atoms with Crippen molar-refractivity contribution in [2.45, 2.75) is 63.5 Å². The van der Waals surface area contributed by atoms with Crippen LogP contribution < -0.4 is 5.32 Å². The van der Waals surface area contributed by atoms with Gasteiger partial charge in [0, 0.05) is 22.6 Å². The number of rotatable bonds is 6. The van der Waals surface area contributed by atoms with E-state index in [1.54, 1.807) is 0 Å². The van der Waals surface area contributed by atoms with Crippen molar-refractivity contribution in [2.24, 2.45) is 5.92 Å². The van der Waals surface area contributed by atoms with E-state index in [2.05, 4.69) is 50.4 Å². The Morgan fingerprint density at radius 3 is 2.67 bits per heavy atom. The van der Waals surface area contributed by atoms with Gasteiger partial charge in [-0.15, -0.1) is 0 Å². The van der Waals surface area contributed by atoms with Crippen molar-refractivity contribution in [3.05, 3.63) is 35.4 Å². The maximum absolute atomic E-state index is 12.9. The minimum atomic E-state index is -0.784. The van der Waals surface area contributed by atoms with Gasteiger partial charge in [0.15, 0.2) is 0 Å². The maximum atomic E-state index is 12.9. The topological polar surface area (TPSA) is 29.1 Å². The third kappa shape index (κ3) is 4.40. The summed E-state index contributed by atoms with van der Waals surface area (Å²) in [4.78, 5) is 0. The highest BCUT2D eigenvalue weighted by molar-refractivity contribution is 7.84. The zero-order valence-corrected chi connectivity index (χ0v) is 14.4. The van der Waals surface area contributed by atoms with Crippen molar-refractivity contribution in [3.63, 3.8) is 0 Å². The Labute approximate surface area is 132 Å². The molecule has 2 nitrogen and oxygen atoms in total. The van der Waals surface area contributed by atoms with Gasteiger partial charge in [-0.2, -0.15) is 0 Å². The molecule has 4 unspecified atom stereocenters. The van der Waals surface area contributed by atoms with Gasteiger partial charge in [-0.25, -0.2) is 0 Å². The van der Waals surface area contributed by atoms with E-state index in [0.717, 1.165) is 18.9 Å². The first-order valence-electron chi connectivity index (χ1n) is 8.30. The van der Waals surface area contributed by atoms with Gasteiger partial charge in [0.25, 0.3) is 0 Å². The zero-order chi connectivity index (χ0) is 15.2. The molecule has 0 heterocycles. The molecule has 118 valence electrons. The molecule has 1 saturated carbocycles. The lowest BCUT2D eigenvalue weighted by atomic mass is 9.84. The van der Waals surface area contributed by atoms with Gasteiger partial charge in [0.2, 0.25) is 0 Å². The quantitative estimate of drug-likeness (QED) is 0.866. The molecule has 0 aromatic heterocycles. The molecule has 3 heteroatoms. The second-order valence-electron chi connectivity index (χ2n) is 6.24. The highest BCUT2D eigenvalue weighted by atomic mass is 32.2. The number of aryl methyl sites for hydroxylation is 1. The molecule has 1 aliphatic carbocycles. The third-order valence-electron chi connectivity index (χ3n) is 4.84. The Kier molecular flexibility index (Phi) is 6.43. The lowest BCUT2D eigenvalue weighted by molar-refractivity contribution is 0.294. The Hall–Kier alpha value is -0.670. The molecule has 0 radical (unpaired) electrons. The minimum absolute atomic E-state index is 0.309. The van der Waals surface area contributed by atoms with Crippen LogP contribution in [-0.4, -0.2) is 22.0 Å². The van der Waals surface area contributed by atoms with Crippen LogP contribution in [0.15, 0.2) is 24.3 Å². The Balaban J connectivity index is 2.08. The largest absolute Gasteiger partial charge is 0.313 e. The summed E-state index contributed by atoms with van der Waals surface area (Å²) in [5.41, 5.74) is 2.50. The molecule has 0 amide bonds. The van der Waals surface area contributed by atoms with Crippen LogP contribution in [0.5, 0.6) is 0 Å². The van der Waals surface area contributed by atoms with E-state index in [1.807, 2.05) is 0 Å². The molecule has 0 bridgehead atoms. The van der Waals surface area contributed by atoms with Gasteiger partial charge in [-0.05, 0) is 49.8 Å². The summed E-state index contributed by atoms with van der Waals surface area (Å²) in [5.74, 6) is 1.46. The summed E-state index contributed by atoms with van der Waals surface area (Å²) in [6.07, 6.45) is 4.80. The second kappa shape index (κ2) is 8.09. The molecule has 1 aromatic carbocycles. The average molecular weight is 308 g/mol. The monoisotopic (exact) mass is 307 g/mol. The first kappa shape index (κ1) is 16.7. The molecule has 0 saturated heterocycles. The van der Waals surface area contributed by atoms with Crippen LogP contribution in [0.1, 0.15) is 50.7 Å². The molecule has 1 N–H and O–H groups in total. The fourth-order valence-electron chi connectivity index (χ4n) is 3.40. The van der Waals surface area contributed by atoms with E-state index in [9.17, 15) is 4.21 Å². The van der Waals surface area contributed by atoms with E-state index in [-0.39, 0.29) is 0 Å². The van der Waals surface area contributed by atoms with Crippen molar-refractivity contribution in [3.8, 4) is 0 Å². The van der Waals surface area contributed by atoms with Crippen LogP contribution in [-0.2, 0) is 16.6 Å². The Morgan fingerprint density at radius 2 is 2.00 bits per heavy atom. The van der Waals surface area contributed by atoms with E-state index < -0.39 is 10.8 Å². The first-order valence-corrected chi connectivity index (χ1v) is 9.69. The molecule has 1 fully saturated rings. The summed E-state index contributed by atoms with van der Waals surface area (Å²) in [7, 11) is -0.784. The van der Waals surface area contributed by atoms with Crippen LogP contribution in [0.25, 0.3) is 0 Å². The normalized spacial score (nSPS) is 27.5. The van der Waals surface area contributed by atoms with Gasteiger partial charge >= 0.3 is 0 Å². The van der Waals surface area contributed by atoms with Gasteiger partial charge in [0.05, 0.1) is 5.25 Å². The first-order chi connectivity index (χ1) is 10.2. The lowest BCUT2D eigenvalue weighted by Gasteiger charge is -2.36. The average Bonchev–Trinajstić information content (AvgIpc) is 2.50. The van der Waals surface area contributed by atoms with Gasteiger partial charge < -0.3 is 5.32 Å². The zero-order valence-electron chi connectivity index (χ0n) is 13.6. The minimum Gasteiger partial charge on any atom is -0.313 e. The summed E-state index contributed by atoms with van der Waals surface area (Å²) in [5, 5.41) is 3.88. The Morgan fingerprint density at radius 1 is 1.24 bits per heavy atom. The summed E-state index contributed by atoms with van der Waals surface area (Å²) in [6, 6.07) is 8.77. The second-order valence-corrected chi connectivity index (χ2v) is 7.90. The van der Waals surface area contributed by atoms with Crippen LogP contribution in [0.4, 0.5) is 0 Å². The van der Waals surface area contributed by atoms with Crippen molar-refractivity contribution in [2.75, 3.05) is 6.54 Å². The molecule has 0 aliphatic heterocycles. The smallest absolute Gasteiger partial charge is 0.0507 e. The summed E-state index contributed by atoms with van der Waals surface area (Å²) >= 11 is 0. The number of hydrogen-bond acceptors (Lipinski definition) is 2. The lowest BCUT2D eigenvalue weighted by Crippen LogP contribution is -2.46. The number of hydrogen-bond donors (Lipinski definition) is 1. The van der Waals surface area contributed by atoms with Crippen molar-refractivity contribution >= 4 is 10.8 Å². The fraction of sp³-hybridized carbons (Fsp3) is 0.667. The SMILES string of the molecule is CCNC1CCC(CC)CC1S(=O)Cc1ccccc1C. The van der Waals surface area contributed by atoms with Gasteiger partial charge in [-0.1, -0.05) is 44.5 Å². The third-order valence-corrected chi connectivity index (χ3v) is 6.63. The highest BCUT2D eigenvalue weighted by Crippen LogP contribution is 2.31. The molecular weight excluding hydrogens is 278 g/mol. The predicted molar refractivity (Wildman–Crippen MR) is 91.9 cm³/mol. The molecular formula is C18H29NOS. The van der Waals surface area contributed by atoms with E-state index in [1.165, 1.54) is 30.4 Å². The standard InChI is InChI=1S/C18H29NOS/c1-4-15-10-11-17(19-5-2)18(12-15)21(20)13-16-9-7-6-8-14(16)3/h6-9,15,17-19H,4-5,10-13H2,1-3H3. The number of nitrogens with one attached hydrogen (secondary N) is 1. The summed E-state index contributed by atoms with van der Waals surface area (Å²) < 4.78 is 12.9. The molecule has 4 atom stereocenters. The molecule has 0 spiro atoms. The van der Waals surface area contributed by atoms with Crippen molar-refractivity contribution in [1.29, 1.82) is 0 Å². The molecule has 2 rings (SSSR count). The highest BCUT2D eigenvalue weighted by Gasteiger charge is 2.33.